The van der Waals surface area contributed by atoms with Crippen molar-refractivity contribution in [3.05, 3.63) is 232 Å². The molecule has 0 saturated carbocycles. The van der Waals surface area contributed by atoms with Crippen molar-refractivity contribution in [2.75, 3.05) is 78.8 Å². The van der Waals surface area contributed by atoms with Crippen molar-refractivity contribution in [3.63, 3.8) is 0 Å². The van der Waals surface area contributed by atoms with Gasteiger partial charge in [0.1, 0.15) is 45.2 Å². The first-order chi connectivity index (χ1) is 63.8. The van der Waals surface area contributed by atoms with E-state index in [1.807, 2.05) is 140 Å². The van der Waals surface area contributed by atoms with Gasteiger partial charge in [0.15, 0.2) is 34.6 Å². The maximum atomic E-state index is 12.0. The minimum Gasteiger partial charge on any atom is -0.481 e. The number of nitrogens with zero attached hydrogens (tertiary/aromatic N) is 3. The minimum absolute atomic E-state index is 0.0368. The molecule has 0 fully saturated rings. The first kappa shape index (κ1) is 112. The Morgan fingerprint density at radius 3 is 1.14 bits per heavy atom. The highest BCUT2D eigenvalue weighted by atomic mass is 35.5. The predicted molar refractivity (Wildman–Crippen MR) is 472 cm³/mol. The quantitative estimate of drug-likeness (QED) is 0.00764. The van der Waals surface area contributed by atoms with E-state index in [0.717, 1.165) is 46.9 Å². The highest BCUT2D eigenvalue weighted by molar-refractivity contribution is 6.41. The van der Waals surface area contributed by atoms with Gasteiger partial charge < -0.3 is 108 Å². The average Bonchev–Trinajstić information content (AvgIpc) is 1.69. The number of carbonyl (C=O) groups is 16. The molecule has 6 amide bonds. The highest BCUT2D eigenvalue weighted by Gasteiger charge is 2.32. The first-order valence-electron chi connectivity index (χ1n) is 41.9. The summed E-state index contributed by atoms with van der Waals surface area (Å²) in [5.74, 6) is -4.60. The number of amides is 6. The van der Waals surface area contributed by atoms with Gasteiger partial charge in [0, 0.05) is 105 Å². The number of Topliss-reactive ketones (excluding diaryl/α,β-unsaturated/α-hetero) is 3. The number of ketones is 3. The first-order valence-corrected chi connectivity index (χ1v) is 42.3. The molecule has 42 heteroatoms. The van der Waals surface area contributed by atoms with Gasteiger partial charge in [-0.25, -0.2) is 58.1 Å². The number of alkyl halides is 1. The van der Waals surface area contributed by atoms with Gasteiger partial charge in [-0.05, 0) is 69.0 Å². The lowest BCUT2D eigenvalue weighted by molar-refractivity contribution is -0.170. The zero-order valence-electron chi connectivity index (χ0n) is 75.3. The number of benzene rings is 5. The molecule has 133 heavy (non-hydrogen) atoms. The molecule has 0 aliphatic carbocycles. The number of nitrogens with two attached hydrogens (primary N) is 1. The van der Waals surface area contributed by atoms with E-state index in [9.17, 15) is 76.7 Å². The van der Waals surface area contributed by atoms with E-state index in [4.69, 9.17) is 73.6 Å². The molecule has 8 aromatic rings. The molecule has 2 unspecified atom stereocenters. The lowest BCUT2D eigenvalue weighted by Crippen LogP contribution is -2.38. The molecule has 9 N–H and O–H groups in total. The smallest absolute Gasteiger partial charge is 0.407 e. The lowest BCUT2D eigenvalue weighted by Gasteiger charge is -2.14. The van der Waals surface area contributed by atoms with Crippen LogP contribution in [0.1, 0.15) is 168 Å². The number of carbonyl (C=O) groups excluding carboxylic acids is 15. The molecule has 0 spiro atoms. The Morgan fingerprint density at radius 1 is 0.436 bits per heavy atom. The standard InChI is InChI=1S/C17H20N2O5.C17H21NO7.C15H18ClNO5.C15H19NO5.C11H13NO4.C9H14N2O3.C7H8N2O2/c1-3-22-16(20)15-14(19-12(2)24-15)9-10-18-17(21)23-11-13-7-5-4-6-8-13;1-3-23-16(21)15(25-12(2)19)14(20)9-10-18-17(22)24-11-13-7-5-4-6-8-13;1-2-21-14(19)13(16)12(18)8-9-17-15(20)22-10-11-6-4-3-5-7-11;1-2-20-14(18)10-13(17)8-9-16-15(19)21-11-12-6-4-3-5-7-12;13-10(14)6-7-12-11(15)16-8-9-4-2-1-3-5-9;1-3-13-9(12)8-7(4-5-10)11-6(2)14-8;1-4-9-5-2-3-8-7(10)6(5)11-4/h4-8H,3,9-11H2,1-2H3,(H,18,21);4-8,15H,3,9-11H2,1-2H3,(H,18,22);3-7,13H,2,8-10H2,1H3,(H,17,20);3-7H,2,8-11H2,1H3,(H,16,19);1-5H,6-8H2,(H,12,15)(H,13,14);3-5,10H2,1-2H3;2-3H2,1H3,(H,8,10). The van der Waals surface area contributed by atoms with Crippen molar-refractivity contribution < 1.29 is 147 Å². The normalized spacial score (nSPS) is 10.9. The van der Waals surface area contributed by atoms with Crippen LogP contribution in [0, 0.1) is 20.8 Å². The van der Waals surface area contributed by atoms with Crippen molar-refractivity contribution >= 4 is 107 Å². The third-order valence-corrected chi connectivity index (χ3v) is 16.7. The second-order valence-corrected chi connectivity index (χ2v) is 27.3. The fraction of sp³-hybridized carbons (Fsp3) is 0.396. The second kappa shape index (κ2) is 66.5. The second-order valence-electron chi connectivity index (χ2n) is 26.9. The molecule has 1 aliphatic rings. The number of aliphatic carboxylic acids is 1. The summed E-state index contributed by atoms with van der Waals surface area (Å²) in [5, 5.41) is 21.9. The van der Waals surface area contributed by atoms with Crippen molar-refractivity contribution in [1.82, 2.24) is 46.9 Å². The number of alkyl carbamates (subject to hydrolysis) is 5. The molecule has 5 aromatic carbocycles. The number of carboxylic acid groups (broad SMARTS) is 1. The monoisotopic (exact) mass is 1880 g/mol. The highest BCUT2D eigenvalue weighted by Crippen LogP contribution is 2.17. The lowest BCUT2D eigenvalue weighted by atomic mass is 10.1. The Kier molecular flexibility index (Phi) is 56.1. The van der Waals surface area contributed by atoms with Crippen LogP contribution in [0.3, 0.4) is 0 Å². The van der Waals surface area contributed by atoms with Crippen LogP contribution < -0.4 is 37.6 Å². The van der Waals surface area contributed by atoms with Gasteiger partial charge in [-0.3, -0.25) is 33.6 Å². The van der Waals surface area contributed by atoms with Gasteiger partial charge >= 0.3 is 72.3 Å². The van der Waals surface area contributed by atoms with Crippen LogP contribution in [0.2, 0.25) is 0 Å². The van der Waals surface area contributed by atoms with Crippen molar-refractivity contribution in [2.45, 2.75) is 158 Å². The van der Waals surface area contributed by atoms with Gasteiger partial charge in [0.25, 0.3) is 12.0 Å². The third kappa shape index (κ3) is 50.0. The third-order valence-electron chi connectivity index (χ3n) is 16.3. The Balaban J connectivity index is 0.000000405. The topological polar surface area (TPSA) is 571 Å². The van der Waals surface area contributed by atoms with Crippen molar-refractivity contribution in [3.8, 4) is 0 Å². The number of nitrogens with one attached hydrogen (secondary N) is 6. The van der Waals surface area contributed by atoms with Crippen LogP contribution in [0.5, 0.6) is 0 Å². The van der Waals surface area contributed by atoms with Crippen LogP contribution >= 0.6 is 11.6 Å². The molecule has 41 nitrogen and oxygen atoms in total. The molecule has 4 heterocycles. The summed E-state index contributed by atoms with van der Waals surface area (Å²) in [6.07, 6.45) is -3.66. The Bertz CT molecular complexity index is 4920. The van der Waals surface area contributed by atoms with Crippen molar-refractivity contribution in [1.29, 1.82) is 0 Å². The summed E-state index contributed by atoms with van der Waals surface area (Å²) >= 11 is 5.65. The van der Waals surface area contributed by atoms with E-state index in [2.05, 4.69) is 61.1 Å². The van der Waals surface area contributed by atoms with Gasteiger partial charge in [-0.2, -0.15) is 0 Å². The largest absolute Gasteiger partial charge is 0.481 e. The number of esters is 6. The number of aromatic nitrogens is 3. The Hall–Kier alpha value is -14.9. The van der Waals surface area contributed by atoms with E-state index >= 15 is 0 Å². The van der Waals surface area contributed by atoms with E-state index in [0.29, 0.717) is 67.4 Å². The number of hydrogen-bond acceptors (Lipinski definition) is 34. The van der Waals surface area contributed by atoms with Crippen LogP contribution in [0.15, 0.2) is 165 Å². The molecule has 0 bridgehead atoms. The van der Waals surface area contributed by atoms with Crippen LogP contribution in [0.25, 0.3) is 0 Å². The van der Waals surface area contributed by atoms with Gasteiger partial charge in [-0.1, -0.05) is 152 Å². The number of rotatable bonds is 41. The maximum absolute atomic E-state index is 12.0. The van der Waals surface area contributed by atoms with E-state index in [1.165, 1.54) is 0 Å². The Labute approximate surface area is 771 Å². The molecular weight excluding hydrogens is 1760 g/mol. The fourth-order valence-corrected chi connectivity index (χ4v) is 10.5. The van der Waals surface area contributed by atoms with E-state index < -0.39 is 95.3 Å². The number of oxazole rings is 3. The number of halogens is 1. The van der Waals surface area contributed by atoms with Crippen LogP contribution in [0.4, 0.5) is 24.0 Å². The van der Waals surface area contributed by atoms with Gasteiger partial charge in [0.2, 0.25) is 17.3 Å². The number of aryl methyl sites for hydroxylation is 3. The van der Waals surface area contributed by atoms with E-state index in [1.54, 1.807) is 67.5 Å². The number of hydrogen-bond donors (Lipinski definition) is 8. The van der Waals surface area contributed by atoms with Crippen LogP contribution in [-0.4, -0.2) is 206 Å². The zero-order chi connectivity index (χ0) is 98.1. The van der Waals surface area contributed by atoms with E-state index in [-0.39, 0.29) is 148 Å². The number of fused-ring (bicyclic) bond motifs is 1. The number of ether oxygens (including phenoxy) is 11. The summed E-state index contributed by atoms with van der Waals surface area (Å²) in [6, 6.07) is 46.2. The molecule has 0 radical (unpaired) electrons. The van der Waals surface area contributed by atoms with Crippen LogP contribution in [-0.2, 0) is 143 Å². The zero-order valence-corrected chi connectivity index (χ0v) is 76.0. The molecule has 0 saturated heterocycles. The molecule has 3 aromatic heterocycles. The summed E-state index contributed by atoms with van der Waals surface area (Å²) in [5.41, 5.74) is 11.5. The maximum Gasteiger partial charge on any atom is 0.407 e. The minimum atomic E-state index is -1.63. The molecule has 2 atom stereocenters. The summed E-state index contributed by atoms with van der Waals surface area (Å²) in [6.45, 7) is 17.8. The number of carboxylic acids is 1. The molecule has 1 aliphatic heterocycles. The predicted octanol–water partition coefficient (Wildman–Crippen LogP) is 10.2. The average molecular weight is 1880 g/mol. The summed E-state index contributed by atoms with van der Waals surface area (Å²) in [4.78, 5) is 194. The van der Waals surface area contributed by atoms with Crippen molar-refractivity contribution in [2.24, 2.45) is 5.73 Å². The fourth-order valence-electron chi connectivity index (χ4n) is 10.3. The summed E-state index contributed by atoms with van der Waals surface area (Å²) < 4.78 is 68.8. The molecule has 720 valence electrons. The van der Waals surface area contributed by atoms with Gasteiger partial charge in [0.05, 0.1) is 56.5 Å². The Morgan fingerprint density at radius 2 is 0.782 bits per heavy atom. The molecular formula is C91H113ClN10O31. The SMILES string of the molecule is CCOC(=O)C(Cl)C(=O)CCNC(=O)OCc1ccccc1.CCOC(=O)C(OC(C)=O)C(=O)CCNC(=O)OCc1ccccc1.CCOC(=O)CC(=O)CCNC(=O)OCc1ccccc1.CCOC(=O)c1oc(C)nc1CCN.CCOC(=O)c1oc(C)nc1CCNC(=O)OCc1ccccc1.Cc1nc2c(o1)C(=O)NCC2.O=C(O)CCNC(=O)OCc1ccccc1. The molecule has 9 rings (SSSR count). The van der Waals surface area contributed by atoms with Gasteiger partial charge in [-0.15, -0.1) is 11.6 Å². The summed E-state index contributed by atoms with van der Waals surface area (Å²) in [7, 11) is 0.